The fraction of sp³-hybridized carbons (Fsp3) is 0.178. The van der Waals surface area contributed by atoms with Crippen LogP contribution in [0.2, 0.25) is 0 Å². The molecule has 0 aliphatic carbocycles. The summed E-state index contributed by atoms with van der Waals surface area (Å²) in [6, 6.07) is 9.55. The summed E-state index contributed by atoms with van der Waals surface area (Å²) in [6.45, 7) is 14.2. The van der Waals surface area contributed by atoms with Crippen LogP contribution in [0.15, 0.2) is 168 Å². The van der Waals surface area contributed by atoms with E-state index < -0.39 is 47.7 Å². The second kappa shape index (κ2) is 30.3. The van der Waals surface area contributed by atoms with Gasteiger partial charge >= 0.3 is 0 Å². The first-order valence-corrected chi connectivity index (χ1v) is 34.7. The molecule has 0 saturated heterocycles. The summed E-state index contributed by atoms with van der Waals surface area (Å²) >= 11 is 27.4. The quantitative estimate of drug-likeness (QED) is 0.0536. The Balaban J connectivity index is 0.000000162. The Morgan fingerprint density at radius 3 is 1.01 bits per heavy atom. The number of carbonyl (C=O) groups excluding carboxylic acids is 4. The lowest BCUT2D eigenvalue weighted by atomic mass is 9.98. The van der Waals surface area contributed by atoms with Gasteiger partial charge in [0.05, 0.1) is 43.9 Å². The van der Waals surface area contributed by atoms with Gasteiger partial charge in [-0.2, -0.15) is 0 Å². The van der Waals surface area contributed by atoms with Crippen molar-refractivity contribution in [3.63, 3.8) is 0 Å². The van der Waals surface area contributed by atoms with E-state index in [0.717, 1.165) is 58.0 Å². The van der Waals surface area contributed by atoms with E-state index in [0.29, 0.717) is 71.0 Å². The molecule has 0 fully saturated rings. The summed E-state index contributed by atoms with van der Waals surface area (Å²) in [6.07, 6.45) is 1.49. The number of aliphatic hydroxyl groups is 1. The fourth-order valence-electron chi connectivity index (χ4n) is 9.67. The lowest BCUT2D eigenvalue weighted by molar-refractivity contribution is 0.103. The number of para-hydroxylation sites is 1. The molecule has 0 aliphatic rings. The highest BCUT2D eigenvalue weighted by atomic mass is 79.9. The Morgan fingerprint density at radius 2 is 0.660 bits per heavy atom. The van der Waals surface area contributed by atoms with E-state index in [1.54, 1.807) is 69.3 Å². The molecule has 0 spiro atoms. The first-order valence-electron chi connectivity index (χ1n) is 33.9. The number of phenols is 4. The van der Waals surface area contributed by atoms with Crippen molar-refractivity contribution in [3.8, 4) is 23.0 Å². The van der Waals surface area contributed by atoms with E-state index in [9.17, 15) is 44.7 Å². The zero-order chi connectivity index (χ0) is 78.0. The standard InChI is InChI=1S/C19H16Br2O4.C18H14Br2O4.C18H14Br2O3.C18H14Br2O2/c1-3-16-18(12-7-15(23)11(8-22)6-17(12)25-16)19(24)10-4-13(20)9(2)14(21)5-10;1-3-15-17(10-6-13(21)14(22)7-16(10)24-15)18(23)9-4-11(19)8(2)12(20)5-9;1-3-15-17(12-5-4-11(21)8-16(12)23-15)18(22)10-6-13(19)9(2)14(20)7-10;1-3-15-17(12-6-4-5-7-16(12)22-15)18(21)11-8-13(19)10(2)14(20)9-11/h4-7,22-23H,3,8H2,1-2H3;4-7,21-22H,3H2,1-2H3;4-8,21H,3H2,1-2H3;4-9H,3H2,1-2H3/i2*6D,7D;4D,5D,8D;4D,5D,6D,7D. The molecule has 0 unspecified atom stereocenters. The lowest BCUT2D eigenvalue weighted by Crippen LogP contribution is -2.04. The van der Waals surface area contributed by atoms with E-state index in [1.165, 1.54) is 0 Å². The smallest absolute Gasteiger partial charge is 0.197 e. The molecule has 0 saturated carbocycles. The molecule has 484 valence electrons. The van der Waals surface area contributed by atoms with Crippen molar-refractivity contribution in [2.75, 3.05) is 0 Å². The number of halogens is 8. The molecule has 12 aromatic rings. The van der Waals surface area contributed by atoms with Crippen molar-refractivity contribution in [3.05, 3.63) is 246 Å². The third-order valence-corrected chi connectivity index (χ3v) is 21.5. The Labute approximate surface area is 623 Å². The predicted octanol–water partition coefficient (Wildman–Crippen LogP) is 22.6. The van der Waals surface area contributed by atoms with Crippen LogP contribution < -0.4 is 0 Å². The molecule has 0 amide bonds. The molecule has 4 heterocycles. The molecule has 8 aromatic carbocycles. The number of rotatable bonds is 13. The van der Waals surface area contributed by atoms with Crippen LogP contribution >= 0.6 is 127 Å². The second-order valence-electron chi connectivity index (χ2n) is 20.8. The molecule has 94 heavy (non-hydrogen) atoms. The first-order chi connectivity index (χ1) is 49.3. The summed E-state index contributed by atoms with van der Waals surface area (Å²) in [5.74, 6) is -2.77. The van der Waals surface area contributed by atoms with Crippen LogP contribution in [0.1, 0.15) is 157 Å². The van der Waals surface area contributed by atoms with Gasteiger partial charge in [-0.15, -0.1) is 0 Å². The van der Waals surface area contributed by atoms with E-state index in [4.69, 9.17) is 32.7 Å². The number of benzene rings is 8. The number of furan rings is 4. The van der Waals surface area contributed by atoms with E-state index in [2.05, 4.69) is 127 Å². The summed E-state index contributed by atoms with van der Waals surface area (Å²) in [5, 5.41) is 49.6. The third kappa shape index (κ3) is 14.8. The molecule has 0 radical (unpaired) electrons. The molecule has 21 heteroatoms. The van der Waals surface area contributed by atoms with Gasteiger partial charge < -0.3 is 43.2 Å². The van der Waals surface area contributed by atoms with Crippen molar-refractivity contribution in [1.29, 1.82) is 0 Å². The number of hydrogen-bond acceptors (Lipinski definition) is 13. The highest BCUT2D eigenvalue weighted by molar-refractivity contribution is 9.12. The van der Waals surface area contributed by atoms with Gasteiger partial charge in [-0.05, 0) is 135 Å². The third-order valence-electron chi connectivity index (χ3n) is 14.9. The van der Waals surface area contributed by atoms with Crippen LogP contribution in [0, 0.1) is 27.7 Å². The Kier molecular flexibility index (Phi) is 18.7. The molecule has 0 aliphatic heterocycles. The summed E-state index contributed by atoms with van der Waals surface area (Å²) in [7, 11) is 0. The highest BCUT2D eigenvalue weighted by Gasteiger charge is 2.28. The number of ketones is 4. The number of fused-ring (bicyclic) bond motifs is 4. The van der Waals surface area contributed by atoms with Gasteiger partial charge in [-0.1, -0.05) is 173 Å². The van der Waals surface area contributed by atoms with Gasteiger partial charge in [-0.25, -0.2) is 0 Å². The number of hydrogen-bond donors (Lipinski definition) is 5. The number of aromatic hydroxyl groups is 4. The van der Waals surface area contributed by atoms with Crippen molar-refractivity contribution in [2.45, 2.75) is 87.7 Å². The van der Waals surface area contributed by atoms with E-state index >= 15 is 0 Å². The van der Waals surface area contributed by atoms with Gasteiger partial charge in [-0.3, -0.25) is 19.2 Å². The van der Waals surface area contributed by atoms with Crippen molar-refractivity contribution in [2.24, 2.45) is 0 Å². The van der Waals surface area contributed by atoms with Crippen molar-refractivity contribution < 1.29 is 77.5 Å². The molecule has 13 nitrogen and oxygen atoms in total. The van der Waals surface area contributed by atoms with Gasteiger partial charge in [0.15, 0.2) is 34.6 Å². The lowest BCUT2D eigenvalue weighted by Gasteiger charge is -2.07. The van der Waals surface area contributed by atoms with E-state index in [1.807, 2.05) is 34.6 Å². The number of aryl methyl sites for hydroxylation is 4. The average Bonchev–Trinajstić information content (AvgIpc) is 1.63. The maximum absolute atomic E-state index is 13.3. The Bertz CT molecular complexity index is 5190. The van der Waals surface area contributed by atoms with Crippen molar-refractivity contribution in [1.82, 2.24) is 0 Å². The van der Waals surface area contributed by atoms with E-state index in [-0.39, 0.29) is 143 Å². The zero-order valence-electron chi connectivity index (χ0n) is 61.7. The molecular weight excluding hydrogens is 1720 g/mol. The Morgan fingerprint density at radius 1 is 0.372 bits per heavy atom. The topological polar surface area (TPSA) is 222 Å². The number of aliphatic hydroxyl groups excluding tert-OH is 1. The van der Waals surface area contributed by atoms with Gasteiger partial charge in [0.1, 0.15) is 56.9 Å². The second-order valence-corrected chi connectivity index (χ2v) is 27.6. The van der Waals surface area contributed by atoms with Crippen LogP contribution in [0.4, 0.5) is 0 Å². The zero-order valence-corrected chi connectivity index (χ0v) is 63.4. The molecule has 12 rings (SSSR count). The van der Waals surface area contributed by atoms with Crippen LogP contribution in [0.5, 0.6) is 23.0 Å². The van der Waals surface area contributed by atoms with Gasteiger partial charge in [0.2, 0.25) is 0 Å². The minimum atomic E-state index is -0.744. The fourth-order valence-corrected chi connectivity index (χ4v) is 14.4. The Hall–Kier alpha value is -6.40. The molecule has 4 aromatic heterocycles. The largest absolute Gasteiger partial charge is 0.508 e. The summed E-state index contributed by atoms with van der Waals surface area (Å²) < 4.78 is 117. The number of carbonyl (C=O) groups is 4. The first kappa shape index (κ1) is 57.8. The van der Waals surface area contributed by atoms with Gasteiger partial charge in [0.25, 0.3) is 0 Å². The highest BCUT2D eigenvalue weighted by Crippen LogP contribution is 2.41. The SMILES string of the molecule is [2H]c1c(CO)c(O)c([2H])c2c(C(=O)c3cc(Br)c(C)c(Br)c3)c(CC)oc12.[2H]c1c(O)c(O)c([2H])c2c(C(=O)c3cc(Br)c(C)c(Br)c3)c(CC)oc12.[2H]c1c(O)c([2H])c2oc(CC)c(C(=O)c3cc(Br)c(C)c(Br)c3)c2c1[2H].[2H]c1c([2H])c([2H])c2c(C(=O)c3cc(Br)c(C)c(Br)c3)c(CC)oc2c1[2H]. The van der Waals surface area contributed by atoms with Gasteiger partial charge in [0, 0.05) is 123 Å². The predicted molar refractivity (Wildman–Crippen MR) is 395 cm³/mol. The molecule has 0 atom stereocenters. The summed E-state index contributed by atoms with van der Waals surface area (Å²) in [4.78, 5) is 52.9. The molecule has 5 N–H and O–H groups in total. The minimum Gasteiger partial charge on any atom is -0.508 e. The normalized spacial score (nSPS) is 12.8. The van der Waals surface area contributed by atoms with Crippen LogP contribution in [-0.4, -0.2) is 48.7 Å². The van der Waals surface area contributed by atoms with Crippen molar-refractivity contribution >= 4 is 194 Å². The maximum Gasteiger partial charge on any atom is 0.197 e. The van der Waals surface area contributed by atoms with Crippen LogP contribution in [-0.2, 0) is 32.3 Å². The van der Waals surface area contributed by atoms with Crippen LogP contribution in [0.3, 0.4) is 0 Å². The average molecular weight is 1790 g/mol. The maximum atomic E-state index is 13.3. The molecular formula is C73H58Br8O13. The number of phenolic OH excluding ortho intramolecular Hbond substituents is 3. The molecule has 0 bridgehead atoms. The minimum absolute atomic E-state index is 0.0152. The monoisotopic (exact) mass is 1780 g/mol. The summed E-state index contributed by atoms with van der Waals surface area (Å²) in [5.41, 5.74) is 5.77. The van der Waals surface area contributed by atoms with Crippen LogP contribution in [0.25, 0.3) is 43.9 Å².